The van der Waals surface area contributed by atoms with E-state index in [4.69, 9.17) is 16.2 Å². The summed E-state index contributed by atoms with van der Waals surface area (Å²) in [6.45, 7) is 0. The highest BCUT2D eigenvalue weighted by Gasteiger charge is 2.06. The lowest BCUT2D eigenvalue weighted by atomic mass is 10.1. The highest BCUT2D eigenvalue weighted by atomic mass is 32.1. The topological polar surface area (TPSA) is 74.2 Å². The van der Waals surface area contributed by atoms with Gasteiger partial charge in [0, 0.05) is 6.42 Å². The zero-order valence-corrected chi connectivity index (χ0v) is 9.75. The summed E-state index contributed by atoms with van der Waals surface area (Å²) in [7, 11) is 1.65. The number of hydrogen-bond acceptors (Lipinski definition) is 5. The molecular formula is C11H13N3OS. The van der Waals surface area contributed by atoms with Crippen molar-refractivity contribution in [3.8, 4) is 5.75 Å². The van der Waals surface area contributed by atoms with Gasteiger partial charge in [-0.05, 0) is 17.7 Å². The van der Waals surface area contributed by atoms with Gasteiger partial charge in [0.1, 0.15) is 11.6 Å². The van der Waals surface area contributed by atoms with Crippen molar-refractivity contribution in [2.45, 2.75) is 6.42 Å². The molecule has 16 heavy (non-hydrogen) atoms. The average molecular weight is 235 g/mol. The molecule has 0 unspecified atom stereocenters. The Kier molecular flexibility index (Phi) is 2.96. The molecule has 0 saturated heterocycles. The van der Waals surface area contributed by atoms with Crippen LogP contribution in [-0.2, 0) is 6.42 Å². The van der Waals surface area contributed by atoms with E-state index in [1.807, 2.05) is 24.3 Å². The molecule has 0 bridgehead atoms. The highest BCUT2D eigenvalue weighted by Crippen LogP contribution is 2.25. The minimum atomic E-state index is 0.515. The number of thiazole rings is 1. The number of nitrogen functional groups attached to an aromatic ring is 2. The summed E-state index contributed by atoms with van der Waals surface area (Å²) >= 11 is 1.43. The first-order chi connectivity index (χ1) is 7.69. The fourth-order valence-corrected chi connectivity index (χ4v) is 2.22. The standard InChI is InChI=1S/C11H13N3OS/c1-15-8-4-2-7(3-5-8)6-9-10(12)14-11(13)16-9/h2-5H,6,12H2,1H3,(H2,13,14). The number of ether oxygens (including phenoxy) is 1. The minimum absolute atomic E-state index is 0.515. The van der Waals surface area contributed by atoms with Crippen LogP contribution in [-0.4, -0.2) is 12.1 Å². The Labute approximate surface area is 97.9 Å². The van der Waals surface area contributed by atoms with Crippen molar-refractivity contribution in [3.05, 3.63) is 34.7 Å². The number of aromatic nitrogens is 1. The predicted molar refractivity (Wildman–Crippen MR) is 66.7 cm³/mol. The van der Waals surface area contributed by atoms with E-state index in [1.165, 1.54) is 11.3 Å². The largest absolute Gasteiger partial charge is 0.497 e. The number of nitrogens with zero attached hydrogens (tertiary/aromatic N) is 1. The molecule has 2 aromatic rings. The van der Waals surface area contributed by atoms with Crippen LogP contribution in [0, 0.1) is 0 Å². The van der Waals surface area contributed by atoms with Gasteiger partial charge in [-0.3, -0.25) is 0 Å². The molecule has 1 aromatic heterocycles. The Morgan fingerprint density at radius 1 is 1.25 bits per heavy atom. The van der Waals surface area contributed by atoms with Crippen molar-refractivity contribution in [2.75, 3.05) is 18.6 Å². The van der Waals surface area contributed by atoms with E-state index >= 15 is 0 Å². The number of nitrogens with two attached hydrogens (primary N) is 2. The number of benzene rings is 1. The van der Waals surface area contributed by atoms with Crippen LogP contribution in [0.15, 0.2) is 24.3 Å². The van der Waals surface area contributed by atoms with Gasteiger partial charge >= 0.3 is 0 Å². The number of rotatable bonds is 3. The number of methoxy groups -OCH3 is 1. The van der Waals surface area contributed by atoms with Crippen molar-refractivity contribution >= 4 is 22.3 Å². The van der Waals surface area contributed by atoms with Crippen LogP contribution in [0.5, 0.6) is 5.75 Å². The summed E-state index contributed by atoms with van der Waals surface area (Å²) in [6.07, 6.45) is 0.755. The third-order valence-corrected chi connectivity index (χ3v) is 3.17. The molecule has 1 aromatic carbocycles. The normalized spacial score (nSPS) is 10.3. The Balaban J connectivity index is 2.17. The third kappa shape index (κ3) is 2.25. The Bertz CT molecular complexity index is 478. The molecule has 0 amide bonds. The van der Waals surface area contributed by atoms with Crippen molar-refractivity contribution in [1.29, 1.82) is 0 Å². The molecule has 0 fully saturated rings. The van der Waals surface area contributed by atoms with E-state index < -0.39 is 0 Å². The summed E-state index contributed by atoms with van der Waals surface area (Å²) in [5.74, 6) is 1.37. The van der Waals surface area contributed by atoms with Crippen molar-refractivity contribution in [2.24, 2.45) is 0 Å². The van der Waals surface area contributed by atoms with Crippen LogP contribution in [0.1, 0.15) is 10.4 Å². The monoisotopic (exact) mass is 235 g/mol. The van der Waals surface area contributed by atoms with Crippen molar-refractivity contribution in [3.63, 3.8) is 0 Å². The molecule has 0 aliphatic heterocycles. The van der Waals surface area contributed by atoms with Gasteiger partial charge in [0.25, 0.3) is 0 Å². The molecular weight excluding hydrogens is 222 g/mol. The van der Waals surface area contributed by atoms with E-state index in [2.05, 4.69) is 4.98 Å². The lowest BCUT2D eigenvalue weighted by Gasteiger charge is -2.02. The van der Waals surface area contributed by atoms with Gasteiger partial charge in [-0.15, -0.1) is 0 Å². The maximum absolute atomic E-state index is 5.74. The van der Waals surface area contributed by atoms with E-state index in [0.717, 1.165) is 22.6 Å². The van der Waals surface area contributed by atoms with Gasteiger partial charge in [-0.2, -0.15) is 0 Å². The van der Waals surface area contributed by atoms with Crippen LogP contribution in [0.3, 0.4) is 0 Å². The summed E-state index contributed by atoms with van der Waals surface area (Å²) in [6, 6.07) is 7.87. The van der Waals surface area contributed by atoms with E-state index in [-0.39, 0.29) is 0 Å². The van der Waals surface area contributed by atoms with Crippen LogP contribution in [0.2, 0.25) is 0 Å². The van der Waals surface area contributed by atoms with Gasteiger partial charge in [-0.1, -0.05) is 23.5 Å². The van der Waals surface area contributed by atoms with Crippen molar-refractivity contribution in [1.82, 2.24) is 4.98 Å². The zero-order chi connectivity index (χ0) is 11.5. The van der Waals surface area contributed by atoms with Crippen LogP contribution >= 0.6 is 11.3 Å². The van der Waals surface area contributed by atoms with Gasteiger partial charge in [0.05, 0.1) is 12.0 Å². The summed E-state index contributed by atoms with van der Waals surface area (Å²) in [5.41, 5.74) is 12.5. The first-order valence-electron chi connectivity index (χ1n) is 4.82. The smallest absolute Gasteiger partial charge is 0.182 e. The third-order valence-electron chi connectivity index (χ3n) is 2.27. The van der Waals surface area contributed by atoms with Gasteiger partial charge in [0.15, 0.2) is 5.13 Å². The van der Waals surface area contributed by atoms with Crippen LogP contribution in [0.25, 0.3) is 0 Å². The molecule has 0 radical (unpaired) electrons. The van der Waals surface area contributed by atoms with Crippen LogP contribution < -0.4 is 16.2 Å². The molecule has 2 rings (SSSR count). The molecule has 4 nitrogen and oxygen atoms in total. The Morgan fingerprint density at radius 3 is 2.44 bits per heavy atom. The number of hydrogen-bond donors (Lipinski definition) is 2. The first-order valence-corrected chi connectivity index (χ1v) is 5.64. The Morgan fingerprint density at radius 2 is 1.94 bits per heavy atom. The SMILES string of the molecule is COc1ccc(Cc2sc(N)nc2N)cc1. The molecule has 0 aliphatic rings. The molecule has 5 heteroatoms. The zero-order valence-electron chi connectivity index (χ0n) is 8.93. The lowest BCUT2D eigenvalue weighted by molar-refractivity contribution is 0.414. The quantitative estimate of drug-likeness (QED) is 0.852. The highest BCUT2D eigenvalue weighted by molar-refractivity contribution is 7.15. The van der Waals surface area contributed by atoms with Gasteiger partial charge < -0.3 is 16.2 Å². The van der Waals surface area contributed by atoms with E-state index in [0.29, 0.717) is 10.9 Å². The maximum atomic E-state index is 5.74. The lowest BCUT2D eigenvalue weighted by Crippen LogP contribution is -1.93. The van der Waals surface area contributed by atoms with E-state index in [1.54, 1.807) is 7.11 Å². The maximum Gasteiger partial charge on any atom is 0.182 e. The minimum Gasteiger partial charge on any atom is -0.497 e. The second kappa shape index (κ2) is 4.40. The summed E-state index contributed by atoms with van der Waals surface area (Å²) in [4.78, 5) is 4.99. The molecule has 0 aliphatic carbocycles. The summed E-state index contributed by atoms with van der Waals surface area (Å²) in [5, 5.41) is 0.515. The van der Waals surface area contributed by atoms with Gasteiger partial charge in [-0.25, -0.2) is 4.98 Å². The average Bonchev–Trinajstić information content (AvgIpc) is 2.59. The molecule has 4 N–H and O–H groups in total. The fourth-order valence-electron chi connectivity index (χ4n) is 1.44. The number of anilines is 2. The molecule has 0 spiro atoms. The molecule has 0 saturated carbocycles. The van der Waals surface area contributed by atoms with E-state index in [9.17, 15) is 0 Å². The second-order valence-electron chi connectivity index (χ2n) is 3.39. The first kappa shape index (κ1) is 10.8. The fraction of sp³-hybridized carbons (Fsp3) is 0.182. The van der Waals surface area contributed by atoms with Crippen molar-refractivity contribution < 1.29 is 4.74 Å². The Hall–Kier alpha value is -1.75. The van der Waals surface area contributed by atoms with Crippen LogP contribution in [0.4, 0.5) is 10.9 Å². The van der Waals surface area contributed by atoms with Gasteiger partial charge in [0.2, 0.25) is 0 Å². The summed E-state index contributed by atoms with van der Waals surface area (Å²) < 4.78 is 5.09. The predicted octanol–water partition coefficient (Wildman–Crippen LogP) is 1.91. The molecule has 84 valence electrons. The second-order valence-corrected chi connectivity index (χ2v) is 4.50. The molecule has 0 atom stereocenters. The molecule has 1 heterocycles.